The van der Waals surface area contributed by atoms with Gasteiger partial charge in [0.05, 0.1) is 19.4 Å². The zero-order valence-electron chi connectivity index (χ0n) is 19.6. The van der Waals surface area contributed by atoms with Crippen LogP contribution in [0.5, 0.6) is 11.5 Å². The Bertz CT molecular complexity index is 1530. The Morgan fingerprint density at radius 1 is 0.944 bits per heavy atom. The predicted octanol–water partition coefficient (Wildman–Crippen LogP) is 5.98. The summed E-state index contributed by atoms with van der Waals surface area (Å²) in [7, 11) is 1.58. The van der Waals surface area contributed by atoms with E-state index in [-0.39, 0.29) is 22.9 Å². The number of anilines is 1. The molecule has 8 nitrogen and oxygen atoms in total. The van der Waals surface area contributed by atoms with Gasteiger partial charge >= 0.3 is 0 Å². The van der Waals surface area contributed by atoms with Gasteiger partial charge < -0.3 is 23.7 Å². The highest BCUT2D eigenvalue weighted by Gasteiger charge is 2.25. The first-order valence-corrected chi connectivity index (χ1v) is 11.3. The molecule has 1 N–H and O–H groups in total. The van der Waals surface area contributed by atoms with Crippen LogP contribution in [-0.4, -0.2) is 30.6 Å². The summed E-state index contributed by atoms with van der Waals surface area (Å²) in [5.41, 5.74) is 1.94. The van der Waals surface area contributed by atoms with Crippen molar-refractivity contribution in [2.24, 2.45) is 0 Å². The minimum atomic E-state index is -0.536. The summed E-state index contributed by atoms with van der Waals surface area (Å²) in [5, 5.41) is 7.30. The van der Waals surface area contributed by atoms with Crippen molar-refractivity contribution in [3.63, 3.8) is 0 Å². The molecule has 180 valence electrons. The Labute approximate surface area is 206 Å². The molecule has 3 aromatic carbocycles. The fourth-order valence-electron chi connectivity index (χ4n) is 3.78. The van der Waals surface area contributed by atoms with E-state index in [1.807, 2.05) is 6.92 Å². The van der Waals surface area contributed by atoms with Crippen LogP contribution in [0.3, 0.4) is 0 Å². The first kappa shape index (κ1) is 22.9. The molecule has 0 aliphatic heterocycles. The number of furan rings is 1. The molecule has 0 aliphatic carbocycles. The van der Waals surface area contributed by atoms with E-state index in [9.17, 15) is 9.59 Å². The molecule has 36 heavy (non-hydrogen) atoms. The van der Waals surface area contributed by atoms with Crippen molar-refractivity contribution < 1.29 is 28.0 Å². The smallest absolute Gasteiger partial charge is 0.277 e. The minimum Gasteiger partial charge on any atom is -0.497 e. The van der Waals surface area contributed by atoms with Crippen LogP contribution in [-0.2, 0) is 0 Å². The van der Waals surface area contributed by atoms with Gasteiger partial charge in [0, 0.05) is 22.6 Å². The maximum Gasteiger partial charge on any atom is 0.277 e. The molecule has 0 unspecified atom stereocenters. The van der Waals surface area contributed by atoms with Gasteiger partial charge in [-0.25, -0.2) is 0 Å². The minimum absolute atomic E-state index is 0.0209. The van der Waals surface area contributed by atoms with E-state index in [0.29, 0.717) is 40.4 Å². The maximum atomic E-state index is 13.3. The lowest BCUT2D eigenvalue weighted by atomic mass is 10.1. The standard InChI is InChI=1S/C28H22N2O6/c1-3-34-20-14-10-18(11-15-20)26(31)27-25(21-6-4-5-7-23(21)35-27)29-28(32)22-16-24(36-30-22)17-8-12-19(33-2)13-9-17/h4-16H,3H2,1-2H3,(H,29,32). The summed E-state index contributed by atoms with van der Waals surface area (Å²) in [6.45, 7) is 2.41. The van der Waals surface area contributed by atoms with Crippen molar-refractivity contribution in [3.8, 4) is 22.8 Å². The average molecular weight is 482 g/mol. The topological polar surface area (TPSA) is 104 Å². The molecular formula is C28H22N2O6. The van der Waals surface area contributed by atoms with Crippen molar-refractivity contribution in [2.45, 2.75) is 6.92 Å². The number of hydrogen-bond acceptors (Lipinski definition) is 7. The van der Waals surface area contributed by atoms with E-state index in [1.165, 1.54) is 6.07 Å². The Morgan fingerprint density at radius 3 is 2.39 bits per heavy atom. The number of aromatic nitrogens is 1. The number of ketones is 1. The molecule has 0 radical (unpaired) electrons. The highest BCUT2D eigenvalue weighted by atomic mass is 16.5. The largest absolute Gasteiger partial charge is 0.497 e. The number of benzene rings is 3. The summed E-state index contributed by atoms with van der Waals surface area (Å²) in [4.78, 5) is 26.4. The maximum absolute atomic E-state index is 13.3. The molecule has 0 fully saturated rings. The number of rotatable bonds is 8. The predicted molar refractivity (Wildman–Crippen MR) is 134 cm³/mol. The van der Waals surface area contributed by atoms with Gasteiger partial charge in [-0.05, 0) is 67.6 Å². The summed E-state index contributed by atoms with van der Waals surface area (Å²) >= 11 is 0. The van der Waals surface area contributed by atoms with Gasteiger partial charge in [-0.15, -0.1) is 0 Å². The summed E-state index contributed by atoms with van der Waals surface area (Å²) < 4.78 is 21.9. The molecule has 5 aromatic rings. The van der Waals surface area contributed by atoms with Crippen molar-refractivity contribution in [3.05, 3.63) is 95.9 Å². The highest BCUT2D eigenvalue weighted by Crippen LogP contribution is 2.33. The molecule has 5 rings (SSSR count). The van der Waals surface area contributed by atoms with Gasteiger partial charge in [0.2, 0.25) is 5.78 Å². The SMILES string of the molecule is CCOc1ccc(C(=O)c2oc3ccccc3c2NC(=O)c2cc(-c3ccc(OC)cc3)on2)cc1. The Kier molecular flexibility index (Phi) is 6.23. The van der Waals surface area contributed by atoms with Gasteiger partial charge in [0.1, 0.15) is 17.1 Å². The number of nitrogens with one attached hydrogen (secondary N) is 1. The molecule has 0 aliphatic rings. The van der Waals surface area contributed by atoms with Gasteiger partial charge in [-0.2, -0.15) is 0 Å². The molecule has 0 saturated heterocycles. The van der Waals surface area contributed by atoms with E-state index in [1.54, 1.807) is 79.9 Å². The van der Waals surface area contributed by atoms with Crippen LogP contribution >= 0.6 is 0 Å². The Hall–Kier alpha value is -4.85. The van der Waals surface area contributed by atoms with Crippen LogP contribution < -0.4 is 14.8 Å². The fourth-order valence-corrected chi connectivity index (χ4v) is 3.78. The number of amides is 1. The number of ether oxygens (including phenoxy) is 2. The molecule has 0 bridgehead atoms. The number of fused-ring (bicyclic) bond motifs is 1. The van der Waals surface area contributed by atoms with Crippen molar-refractivity contribution in [2.75, 3.05) is 19.0 Å². The monoisotopic (exact) mass is 482 g/mol. The number of carbonyl (C=O) groups excluding carboxylic acids is 2. The van der Waals surface area contributed by atoms with Crippen LogP contribution in [0.1, 0.15) is 33.5 Å². The van der Waals surface area contributed by atoms with E-state index in [0.717, 1.165) is 5.56 Å². The second-order valence-corrected chi connectivity index (χ2v) is 7.85. The van der Waals surface area contributed by atoms with Crippen LogP contribution in [0, 0.1) is 0 Å². The van der Waals surface area contributed by atoms with E-state index < -0.39 is 5.91 Å². The number of hydrogen-bond donors (Lipinski definition) is 1. The van der Waals surface area contributed by atoms with Crippen LogP contribution in [0.4, 0.5) is 5.69 Å². The molecule has 2 aromatic heterocycles. The highest BCUT2D eigenvalue weighted by molar-refractivity contribution is 6.18. The fraction of sp³-hybridized carbons (Fsp3) is 0.107. The third-order valence-corrected chi connectivity index (χ3v) is 5.59. The van der Waals surface area contributed by atoms with Crippen molar-refractivity contribution in [1.29, 1.82) is 0 Å². The first-order valence-electron chi connectivity index (χ1n) is 11.3. The molecular weight excluding hydrogens is 460 g/mol. The normalized spacial score (nSPS) is 10.8. The van der Waals surface area contributed by atoms with E-state index in [2.05, 4.69) is 10.5 Å². The van der Waals surface area contributed by atoms with Crippen LogP contribution in [0.15, 0.2) is 87.8 Å². The molecule has 2 heterocycles. The Balaban J connectivity index is 1.44. The lowest BCUT2D eigenvalue weighted by Gasteiger charge is -2.06. The first-order chi connectivity index (χ1) is 17.6. The van der Waals surface area contributed by atoms with E-state index >= 15 is 0 Å². The van der Waals surface area contributed by atoms with Gasteiger partial charge in [-0.1, -0.05) is 17.3 Å². The third kappa shape index (κ3) is 4.44. The number of carbonyl (C=O) groups is 2. The average Bonchev–Trinajstić information content (AvgIpc) is 3.55. The number of nitrogens with zero attached hydrogens (tertiary/aromatic N) is 1. The second kappa shape index (κ2) is 9.79. The van der Waals surface area contributed by atoms with Crippen molar-refractivity contribution in [1.82, 2.24) is 5.16 Å². The zero-order chi connectivity index (χ0) is 25.1. The summed E-state index contributed by atoms with van der Waals surface area (Å²) in [5.74, 6) is 0.895. The van der Waals surface area contributed by atoms with Gasteiger partial charge in [0.25, 0.3) is 5.91 Å². The van der Waals surface area contributed by atoms with Crippen molar-refractivity contribution >= 4 is 28.3 Å². The van der Waals surface area contributed by atoms with Gasteiger partial charge in [-0.3, -0.25) is 9.59 Å². The summed E-state index contributed by atoms with van der Waals surface area (Å²) in [6.07, 6.45) is 0. The van der Waals surface area contributed by atoms with E-state index in [4.69, 9.17) is 18.4 Å². The quantitative estimate of drug-likeness (QED) is 0.271. The number of methoxy groups -OCH3 is 1. The lowest BCUT2D eigenvalue weighted by molar-refractivity contribution is 0.101. The Morgan fingerprint density at radius 2 is 1.67 bits per heavy atom. The van der Waals surface area contributed by atoms with Gasteiger partial charge in [0.15, 0.2) is 17.2 Å². The molecule has 0 atom stereocenters. The second-order valence-electron chi connectivity index (χ2n) is 7.85. The molecule has 8 heteroatoms. The molecule has 1 amide bonds. The molecule has 0 spiro atoms. The molecule has 0 saturated carbocycles. The summed E-state index contributed by atoms with van der Waals surface area (Å²) in [6, 6.07) is 22.6. The van der Waals surface area contributed by atoms with Crippen LogP contribution in [0.2, 0.25) is 0 Å². The zero-order valence-corrected chi connectivity index (χ0v) is 19.6. The lowest BCUT2D eigenvalue weighted by Crippen LogP contribution is -2.14. The van der Waals surface area contributed by atoms with Crippen LogP contribution in [0.25, 0.3) is 22.3 Å². The third-order valence-electron chi connectivity index (χ3n) is 5.59. The number of para-hydroxylation sites is 1.